The lowest BCUT2D eigenvalue weighted by molar-refractivity contribution is 0.543. The van der Waals surface area contributed by atoms with E-state index in [1.165, 1.54) is 10.8 Å². The number of rotatable bonds is 1. The molecule has 0 amide bonds. The predicted octanol–water partition coefficient (Wildman–Crippen LogP) is 3.80. The van der Waals surface area contributed by atoms with Crippen molar-refractivity contribution in [3.8, 4) is 11.5 Å². The summed E-state index contributed by atoms with van der Waals surface area (Å²) in [4.78, 5) is 4.27. The molecule has 0 fully saturated rings. The Labute approximate surface area is 93.5 Å². The number of fused-ring (bicyclic) bond motifs is 1. The summed E-state index contributed by atoms with van der Waals surface area (Å²) in [6.07, 6.45) is 1.75. The number of oxazole rings is 1. The average Bonchev–Trinajstić information content (AvgIpc) is 2.75. The molecular formula is C14H11NO. The van der Waals surface area contributed by atoms with Crippen LogP contribution < -0.4 is 0 Å². The van der Waals surface area contributed by atoms with E-state index in [4.69, 9.17) is 4.42 Å². The average molecular weight is 209 g/mol. The molecule has 0 atom stereocenters. The number of aryl methyl sites for hydroxylation is 1. The maximum atomic E-state index is 5.57. The fourth-order valence-electron chi connectivity index (χ4n) is 1.89. The zero-order valence-electron chi connectivity index (χ0n) is 8.97. The molecule has 0 aliphatic heterocycles. The minimum atomic E-state index is 0.689. The van der Waals surface area contributed by atoms with Crippen molar-refractivity contribution in [1.82, 2.24) is 4.98 Å². The summed E-state index contributed by atoms with van der Waals surface area (Å²) < 4.78 is 5.57. The highest BCUT2D eigenvalue weighted by molar-refractivity contribution is 5.94. The Morgan fingerprint density at radius 2 is 1.81 bits per heavy atom. The van der Waals surface area contributed by atoms with Gasteiger partial charge in [0.2, 0.25) is 5.89 Å². The smallest absolute Gasteiger partial charge is 0.226 e. The molecule has 0 saturated carbocycles. The van der Waals surface area contributed by atoms with Crippen LogP contribution in [-0.2, 0) is 0 Å². The van der Waals surface area contributed by atoms with Crippen molar-refractivity contribution >= 4 is 10.8 Å². The first-order chi connectivity index (χ1) is 7.84. The van der Waals surface area contributed by atoms with E-state index in [2.05, 4.69) is 23.2 Å². The molecule has 16 heavy (non-hydrogen) atoms. The number of benzene rings is 2. The first kappa shape index (κ1) is 9.16. The molecule has 0 bridgehead atoms. The van der Waals surface area contributed by atoms with Crippen molar-refractivity contribution in [2.45, 2.75) is 6.92 Å². The largest absolute Gasteiger partial charge is 0.441 e. The Morgan fingerprint density at radius 3 is 2.62 bits per heavy atom. The van der Waals surface area contributed by atoms with Crippen LogP contribution in [-0.4, -0.2) is 4.98 Å². The molecule has 78 valence electrons. The van der Waals surface area contributed by atoms with Gasteiger partial charge < -0.3 is 4.42 Å². The summed E-state index contributed by atoms with van der Waals surface area (Å²) in [5.41, 5.74) is 1.05. The molecule has 0 saturated heterocycles. The van der Waals surface area contributed by atoms with Crippen LogP contribution in [0.4, 0.5) is 0 Å². The maximum absolute atomic E-state index is 5.57. The van der Waals surface area contributed by atoms with Crippen LogP contribution >= 0.6 is 0 Å². The minimum Gasteiger partial charge on any atom is -0.441 e. The molecular weight excluding hydrogens is 198 g/mol. The third-order valence-corrected chi connectivity index (χ3v) is 2.64. The number of aromatic nitrogens is 1. The van der Waals surface area contributed by atoms with Gasteiger partial charge in [-0.25, -0.2) is 4.98 Å². The zero-order chi connectivity index (χ0) is 11.0. The Morgan fingerprint density at radius 1 is 1.00 bits per heavy atom. The molecule has 0 N–H and O–H groups in total. The molecule has 1 heterocycles. The zero-order valence-corrected chi connectivity index (χ0v) is 8.97. The molecule has 2 aromatic carbocycles. The second kappa shape index (κ2) is 3.49. The van der Waals surface area contributed by atoms with Gasteiger partial charge in [0.1, 0.15) is 5.76 Å². The van der Waals surface area contributed by atoms with Crippen LogP contribution in [0.3, 0.4) is 0 Å². The SMILES string of the molecule is Cc1cnc(-c2cccc3ccccc23)o1. The fraction of sp³-hybridized carbons (Fsp3) is 0.0714. The van der Waals surface area contributed by atoms with Crippen LogP contribution in [0.15, 0.2) is 53.1 Å². The Bertz CT molecular complexity index is 635. The number of hydrogen-bond acceptors (Lipinski definition) is 2. The lowest BCUT2D eigenvalue weighted by atomic mass is 10.0. The Kier molecular flexibility index (Phi) is 2.00. The van der Waals surface area contributed by atoms with Crippen molar-refractivity contribution < 1.29 is 4.42 Å². The third kappa shape index (κ3) is 1.39. The first-order valence-electron chi connectivity index (χ1n) is 5.25. The number of hydrogen-bond donors (Lipinski definition) is 0. The topological polar surface area (TPSA) is 26.0 Å². The van der Waals surface area contributed by atoms with Crippen LogP contribution in [0.1, 0.15) is 5.76 Å². The van der Waals surface area contributed by atoms with E-state index < -0.39 is 0 Å². The molecule has 3 aromatic rings. The van der Waals surface area contributed by atoms with Gasteiger partial charge in [-0.2, -0.15) is 0 Å². The lowest BCUT2D eigenvalue weighted by Gasteiger charge is -2.02. The normalized spacial score (nSPS) is 10.8. The highest BCUT2D eigenvalue weighted by Gasteiger charge is 2.07. The summed E-state index contributed by atoms with van der Waals surface area (Å²) in [5, 5.41) is 2.38. The molecule has 0 radical (unpaired) electrons. The summed E-state index contributed by atoms with van der Waals surface area (Å²) in [7, 11) is 0. The van der Waals surface area contributed by atoms with Crippen molar-refractivity contribution in [2.75, 3.05) is 0 Å². The van der Waals surface area contributed by atoms with Gasteiger partial charge in [0.15, 0.2) is 0 Å². The van der Waals surface area contributed by atoms with Crippen LogP contribution in [0.25, 0.3) is 22.2 Å². The predicted molar refractivity (Wildman–Crippen MR) is 64.2 cm³/mol. The Balaban J connectivity index is 2.31. The van der Waals surface area contributed by atoms with E-state index in [0.717, 1.165) is 11.3 Å². The van der Waals surface area contributed by atoms with E-state index in [0.29, 0.717) is 5.89 Å². The molecule has 0 unspecified atom stereocenters. The van der Waals surface area contributed by atoms with E-state index in [1.807, 2.05) is 31.2 Å². The molecule has 3 rings (SSSR count). The number of nitrogens with zero attached hydrogens (tertiary/aromatic N) is 1. The standard InChI is InChI=1S/C14H11NO/c1-10-9-15-14(16-10)13-8-4-6-11-5-2-3-7-12(11)13/h2-9H,1H3. The van der Waals surface area contributed by atoms with Crippen molar-refractivity contribution in [3.63, 3.8) is 0 Å². The van der Waals surface area contributed by atoms with Gasteiger partial charge in [-0.05, 0) is 23.8 Å². The van der Waals surface area contributed by atoms with Crippen molar-refractivity contribution in [2.24, 2.45) is 0 Å². The van der Waals surface area contributed by atoms with Crippen LogP contribution in [0.2, 0.25) is 0 Å². The van der Waals surface area contributed by atoms with Gasteiger partial charge in [0.25, 0.3) is 0 Å². The minimum absolute atomic E-state index is 0.689. The van der Waals surface area contributed by atoms with Crippen molar-refractivity contribution in [3.05, 3.63) is 54.4 Å². The van der Waals surface area contributed by atoms with Gasteiger partial charge in [0, 0.05) is 5.56 Å². The summed E-state index contributed by atoms with van der Waals surface area (Å²) in [6.45, 7) is 1.90. The second-order valence-corrected chi connectivity index (χ2v) is 3.80. The molecule has 0 aliphatic carbocycles. The monoisotopic (exact) mass is 209 g/mol. The third-order valence-electron chi connectivity index (χ3n) is 2.64. The van der Waals surface area contributed by atoms with Crippen LogP contribution in [0, 0.1) is 6.92 Å². The maximum Gasteiger partial charge on any atom is 0.226 e. The first-order valence-corrected chi connectivity index (χ1v) is 5.25. The Hall–Kier alpha value is -2.09. The van der Waals surface area contributed by atoms with E-state index in [9.17, 15) is 0 Å². The van der Waals surface area contributed by atoms with Gasteiger partial charge >= 0.3 is 0 Å². The summed E-state index contributed by atoms with van der Waals surface area (Å²) >= 11 is 0. The van der Waals surface area contributed by atoms with E-state index in [-0.39, 0.29) is 0 Å². The molecule has 0 spiro atoms. The quantitative estimate of drug-likeness (QED) is 0.609. The summed E-state index contributed by atoms with van der Waals surface area (Å²) in [5.74, 6) is 1.53. The second-order valence-electron chi connectivity index (χ2n) is 3.80. The molecule has 2 nitrogen and oxygen atoms in total. The summed E-state index contributed by atoms with van der Waals surface area (Å²) in [6, 6.07) is 14.4. The lowest BCUT2D eigenvalue weighted by Crippen LogP contribution is -1.80. The van der Waals surface area contributed by atoms with Gasteiger partial charge in [-0.15, -0.1) is 0 Å². The van der Waals surface area contributed by atoms with E-state index in [1.54, 1.807) is 6.20 Å². The van der Waals surface area contributed by atoms with Crippen LogP contribution in [0.5, 0.6) is 0 Å². The van der Waals surface area contributed by atoms with Crippen molar-refractivity contribution in [1.29, 1.82) is 0 Å². The van der Waals surface area contributed by atoms with Gasteiger partial charge in [-0.3, -0.25) is 0 Å². The van der Waals surface area contributed by atoms with E-state index >= 15 is 0 Å². The van der Waals surface area contributed by atoms with Gasteiger partial charge in [0.05, 0.1) is 6.20 Å². The fourth-order valence-corrected chi connectivity index (χ4v) is 1.89. The molecule has 1 aromatic heterocycles. The molecule has 2 heteroatoms. The highest BCUT2D eigenvalue weighted by Crippen LogP contribution is 2.27. The highest BCUT2D eigenvalue weighted by atomic mass is 16.4. The molecule has 0 aliphatic rings. The van der Waals surface area contributed by atoms with Gasteiger partial charge in [-0.1, -0.05) is 36.4 Å².